The highest BCUT2D eigenvalue weighted by Crippen LogP contribution is 2.22. The molecule has 0 fully saturated rings. The van der Waals surface area contributed by atoms with Crippen LogP contribution in [0.1, 0.15) is 23.6 Å². The van der Waals surface area contributed by atoms with Crippen molar-refractivity contribution in [3.05, 3.63) is 71.5 Å². The number of hydrogen-bond donors (Lipinski definition) is 0. The van der Waals surface area contributed by atoms with Gasteiger partial charge in [0.25, 0.3) is 0 Å². The van der Waals surface area contributed by atoms with E-state index in [-0.39, 0.29) is 0 Å². The molecule has 0 N–H and O–H groups in total. The summed E-state index contributed by atoms with van der Waals surface area (Å²) in [4.78, 5) is 0. The second-order valence-electron chi connectivity index (χ2n) is 5.42. The predicted octanol–water partition coefficient (Wildman–Crippen LogP) is 4.16. The molecule has 0 aliphatic carbocycles. The smallest absolute Gasteiger partial charge is 0.212 e. The first-order chi connectivity index (χ1) is 12.3. The van der Waals surface area contributed by atoms with E-state index in [9.17, 15) is 0 Å². The van der Waals surface area contributed by atoms with Crippen LogP contribution in [0.3, 0.4) is 0 Å². The number of aromatic nitrogens is 3. The lowest BCUT2D eigenvalue weighted by Gasteiger charge is -2.04. The van der Waals surface area contributed by atoms with E-state index >= 15 is 0 Å². The first-order valence-corrected chi connectivity index (χ1v) is 9.09. The number of ether oxygens (including phenoxy) is 1. The van der Waals surface area contributed by atoms with Crippen LogP contribution in [0.4, 0.5) is 0 Å². The Morgan fingerprint density at radius 2 is 1.96 bits per heavy atom. The third-order valence-corrected chi connectivity index (χ3v) is 4.62. The van der Waals surface area contributed by atoms with Crippen LogP contribution in [-0.4, -0.2) is 27.7 Å². The highest BCUT2D eigenvalue weighted by atomic mass is 32.2. The van der Waals surface area contributed by atoms with Crippen LogP contribution < -0.4 is 4.74 Å². The molecule has 0 amide bonds. The van der Waals surface area contributed by atoms with Gasteiger partial charge in [-0.05, 0) is 54.8 Å². The quantitative estimate of drug-likeness (QED) is 0.473. The summed E-state index contributed by atoms with van der Waals surface area (Å²) in [6.07, 6.45) is 3.40. The molecule has 2 aromatic carbocycles. The van der Waals surface area contributed by atoms with Gasteiger partial charge in [0.05, 0.1) is 12.8 Å². The van der Waals surface area contributed by atoms with Crippen molar-refractivity contribution in [2.24, 2.45) is 5.10 Å². The SMILES string of the molecule is CCOc1ccc(/C=N/n2cnnc2SCc2ccccc2C)cc1. The maximum absolute atomic E-state index is 5.44. The Hall–Kier alpha value is -2.60. The predicted molar refractivity (Wildman–Crippen MR) is 101 cm³/mol. The Balaban J connectivity index is 1.66. The molecule has 0 atom stereocenters. The summed E-state index contributed by atoms with van der Waals surface area (Å²) < 4.78 is 7.13. The van der Waals surface area contributed by atoms with Crippen molar-refractivity contribution in [2.45, 2.75) is 24.8 Å². The normalized spacial score (nSPS) is 11.1. The molecule has 1 aromatic heterocycles. The molecule has 3 aromatic rings. The lowest BCUT2D eigenvalue weighted by atomic mass is 10.1. The monoisotopic (exact) mass is 352 g/mol. The van der Waals surface area contributed by atoms with E-state index in [2.05, 4.69) is 40.4 Å². The Bertz CT molecular complexity index is 843. The highest BCUT2D eigenvalue weighted by Gasteiger charge is 2.05. The van der Waals surface area contributed by atoms with Crippen molar-refractivity contribution in [2.75, 3.05) is 6.61 Å². The molecular weight excluding hydrogens is 332 g/mol. The van der Waals surface area contributed by atoms with Gasteiger partial charge in [-0.15, -0.1) is 10.2 Å². The van der Waals surface area contributed by atoms with E-state index < -0.39 is 0 Å². The summed E-state index contributed by atoms with van der Waals surface area (Å²) in [7, 11) is 0. The van der Waals surface area contributed by atoms with E-state index in [0.29, 0.717) is 6.61 Å². The summed E-state index contributed by atoms with van der Waals surface area (Å²) in [6, 6.07) is 16.2. The number of aryl methyl sites for hydroxylation is 1. The van der Waals surface area contributed by atoms with Crippen molar-refractivity contribution in [1.82, 2.24) is 14.9 Å². The summed E-state index contributed by atoms with van der Waals surface area (Å²) in [6.45, 7) is 4.75. The molecule has 0 unspecified atom stereocenters. The second kappa shape index (κ2) is 8.48. The first-order valence-electron chi connectivity index (χ1n) is 8.11. The Kier molecular flexibility index (Phi) is 5.85. The van der Waals surface area contributed by atoms with Gasteiger partial charge in [-0.2, -0.15) is 9.78 Å². The van der Waals surface area contributed by atoms with Crippen LogP contribution in [0, 0.1) is 6.92 Å². The topological polar surface area (TPSA) is 52.3 Å². The van der Waals surface area contributed by atoms with E-state index in [0.717, 1.165) is 22.2 Å². The molecule has 0 bridgehead atoms. The lowest BCUT2D eigenvalue weighted by Crippen LogP contribution is -1.94. The molecule has 25 heavy (non-hydrogen) atoms. The minimum Gasteiger partial charge on any atom is -0.494 e. The fourth-order valence-electron chi connectivity index (χ4n) is 2.25. The largest absolute Gasteiger partial charge is 0.494 e. The van der Waals surface area contributed by atoms with Gasteiger partial charge in [0.2, 0.25) is 5.16 Å². The average molecular weight is 352 g/mol. The Labute approximate surface area is 151 Å². The van der Waals surface area contributed by atoms with Gasteiger partial charge in [-0.3, -0.25) is 0 Å². The summed E-state index contributed by atoms with van der Waals surface area (Å²) in [5, 5.41) is 13.3. The lowest BCUT2D eigenvalue weighted by molar-refractivity contribution is 0.340. The van der Waals surface area contributed by atoms with Gasteiger partial charge in [-0.25, -0.2) is 0 Å². The van der Waals surface area contributed by atoms with Crippen molar-refractivity contribution >= 4 is 18.0 Å². The van der Waals surface area contributed by atoms with Crippen LogP contribution in [-0.2, 0) is 5.75 Å². The van der Waals surface area contributed by atoms with Crippen LogP contribution in [0.15, 0.2) is 65.1 Å². The minimum atomic E-state index is 0.662. The van der Waals surface area contributed by atoms with E-state index in [1.165, 1.54) is 11.1 Å². The van der Waals surface area contributed by atoms with Gasteiger partial charge < -0.3 is 4.74 Å². The van der Waals surface area contributed by atoms with Gasteiger partial charge in [0.15, 0.2) is 0 Å². The second-order valence-corrected chi connectivity index (χ2v) is 6.36. The molecule has 0 saturated heterocycles. The summed E-state index contributed by atoms with van der Waals surface area (Å²) >= 11 is 1.62. The Morgan fingerprint density at radius 3 is 2.72 bits per heavy atom. The molecule has 0 aliphatic heterocycles. The third-order valence-electron chi connectivity index (χ3n) is 3.64. The molecule has 5 nitrogen and oxygen atoms in total. The molecule has 3 rings (SSSR count). The molecule has 128 valence electrons. The first kappa shape index (κ1) is 17.2. The molecule has 0 saturated carbocycles. The fourth-order valence-corrected chi connectivity index (χ4v) is 3.19. The van der Waals surface area contributed by atoms with Crippen molar-refractivity contribution in [3.8, 4) is 5.75 Å². The van der Waals surface area contributed by atoms with E-state index in [1.54, 1.807) is 29.0 Å². The summed E-state index contributed by atoms with van der Waals surface area (Å²) in [5.74, 6) is 1.70. The third kappa shape index (κ3) is 4.70. The number of thioether (sulfide) groups is 1. The number of hydrogen-bond acceptors (Lipinski definition) is 5. The minimum absolute atomic E-state index is 0.662. The maximum Gasteiger partial charge on any atom is 0.212 e. The van der Waals surface area contributed by atoms with Gasteiger partial charge in [0, 0.05) is 5.75 Å². The Morgan fingerprint density at radius 1 is 1.16 bits per heavy atom. The van der Waals surface area contributed by atoms with Gasteiger partial charge in [0.1, 0.15) is 12.1 Å². The number of rotatable bonds is 7. The molecule has 0 spiro atoms. The average Bonchev–Trinajstić information content (AvgIpc) is 3.08. The van der Waals surface area contributed by atoms with E-state index in [1.807, 2.05) is 37.3 Å². The number of benzene rings is 2. The van der Waals surface area contributed by atoms with Crippen molar-refractivity contribution in [1.29, 1.82) is 0 Å². The maximum atomic E-state index is 5.44. The molecule has 0 aliphatic rings. The number of nitrogens with zero attached hydrogens (tertiary/aromatic N) is 4. The zero-order valence-electron chi connectivity index (χ0n) is 14.3. The van der Waals surface area contributed by atoms with Gasteiger partial charge in [-0.1, -0.05) is 36.0 Å². The zero-order valence-corrected chi connectivity index (χ0v) is 15.1. The van der Waals surface area contributed by atoms with Crippen molar-refractivity contribution in [3.63, 3.8) is 0 Å². The van der Waals surface area contributed by atoms with Crippen LogP contribution >= 0.6 is 11.8 Å². The fraction of sp³-hybridized carbons (Fsp3) is 0.211. The molecule has 0 radical (unpaired) electrons. The standard InChI is InChI=1S/C19H20N4OS/c1-3-24-18-10-8-16(9-11-18)12-21-23-14-20-22-19(23)25-13-17-7-5-4-6-15(17)2/h4-12,14H,3,13H2,1-2H3/b21-12+. The van der Waals surface area contributed by atoms with E-state index in [4.69, 9.17) is 4.74 Å². The molecule has 1 heterocycles. The van der Waals surface area contributed by atoms with Crippen LogP contribution in [0.5, 0.6) is 5.75 Å². The van der Waals surface area contributed by atoms with Crippen molar-refractivity contribution < 1.29 is 4.74 Å². The molecular formula is C19H20N4OS. The molecule has 6 heteroatoms. The van der Waals surface area contributed by atoms with Crippen LogP contribution in [0.2, 0.25) is 0 Å². The highest BCUT2D eigenvalue weighted by molar-refractivity contribution is 7.98. The summed E-state index contributed by atoms with van der Waals surface area (Å²) in [5.41, 5.74) is 3.56. The van der Waals surface area contributed by atoms with Gasteiger partial charge >= 0.3 is 0 Å². The van der Waals surface area contributed by atoms with Crippen LogP contribution in [0.25, 0.3) is 0 Å². The zero-order chi connectivity index (χ0) is 17.5.